The number of nitrogens with one attached hydrogen (secondary N) is 1. The highest BCUT2D eigenvalue weighted by Crippen LogP contribution is 2.37. The van der Waals surface area contributed by atoms with E-state index >= 15 is 0 Å². The summed E-state index contributed by atoms with van der Waals surface area (Å²) in [6.07, 6.45) is 1.54. The summed E-state index contributed by atoms with van der Waals surface area (Å²) < 4.78 is 6.06. The number of ether oxygens (including phenoxy) is 1. The third-order valence-corrected chi connectivity index (χ3v) is 6.18. The Kier molecular flexibility index (Phi) is 3.91. The lowest BCUT2D eigenvalue weighted by Gasteiger charge is -2.45. The fraction of sp³-hybridized carbons (Fsp3) is 0.346. The van der Waals surface area contributed by atoms with E-state index in [1.54, 1.807) is 0 Å². The summed E-state index contributed by atoms with van der Waals surface area (Å²) >= 11 is 0. The van der Waals surface area contributed by atoms with E-state index in [-0.39, 0.29) is 23.2 Å². The molecule has 1 aliphatic heterocycles. The van der Waals surface area contributed by atoms with Crippen molar-refractivity contribution in [3.63, 3.8) is 0 Å². The minimum Gasteiger partial charge on any atom is -0.459 e. The zero-order valence-electron chi connectivity index (χ0n) is 17.5. The summed E-state index contributed by atoms with van der Waals surface area (Å²) in [6, 6.07) is 18.8. The molecule has 3 nitrogen and oxygen atoms in total. The van der Waals surface area contributed by atoms with E-state index < -0.39 is 0 Å². The highest BCUT2D eigenvalue weighted by atomic mass is 16.5. The van der Waals surface area contributed by atoms with Gasteiger partial charge in [-0.25, -0.2) is 4.79 Å². The van der Waals surface area contributed by atoms with E-state index in [1.807, 2.05) is 12.1 Å². The molecule has 3 heteroatoms. The van der Waals surface area contributed by atoms with Gasteiger partial charge in [-0.1, -0.05) is 48.5 Å². The van der Waals surface area contributed by atoms with Crippen LogP contribution in [0.5, 0.6) is 0 Å². The van der Waals surface area contributed by atoms with Crippen LogP contribution in [-0.2, 0) is 4.74 Å². The molecule has 4 aromatic rings. The van der Waals surface area contributed by atoms with Gasteiger partial charge in [0.25, 0.3) is 0 Å². The van der Waals surface area contributed by atoms with Crippen molar-refractivity contribution in [2.45, 2.75) is 57.7 Å². The SMILES string of the molecule is CC1(C)CC(OC(=O)c2ccc3ccc4cccc5ccc2c3c45)CC(C)(C)N1. The van der Waals surface area contributed by atoms with Crippen LogP contribution in [0.2, 0.25) is 0 Å². The second kappa shape index (κ2) is 6.17. The Morgan fingerprint density at radius 1 is 0.828 bits per heavy atom. The fourth-order valence-electron chi connectivity index (χ4n) is 5.44. The zero-order valence-corrected chi connectivity index (χ0v) is 17.5. The average molecular weight is 386 g/mol. The lowest BCUT2D eigenvalue weighted by molar-refractivity contribution is -0.00619. The Labute approximate surface area is 171 Å². The summed E-state index contributed by atoms with van der Waals surface area (Å²) in [5.74, 6) is -0.221. The number of hydrogen-bond acceptors (Lipinski definition) is 3. The van der Waals surface area contributed by atoms with E-state index in [1.165, 1.54) is 16.2 Å². The van der Waals surface area contributed by atoms with Gasteiger partial charge in [0.05, 0.1) is 5.56 Å². The summed E-state index contributed by atoms with van der Waals surface area (Å²) in [5, 5.41) is 10.6. The van der Waals surface area contributed by atoms with Crippen molar-refractivity contribution in [1.82, 2.24) is 5.32 Å². The Balaban J connectivity index is 1.57. The molecule has 1 heterocycles. The number of rotatable bonds is 2. The second-order valence-electron chi connectivity index (χ2n) is 9.80. The maximum Gasteiger partial charge on any atom is 0.339 e. The van der Waals surface area contributed by atoms with Crippen molar-refractivity contribution in [2.75, 3.05) is 0 Å². The second-order valence-corrected chi connectivity index (χ2v) is 9.80. The number of carbonyl (C=O) groups is 1. The molecule has 5 rings (SSSR count). The molecule has 29 heavy (non-hydrogen) atoms. The molecule has 1 fully saturated rings. The molecule has 0 atom stereocenters. The van der Waals surface area contributed by atoms with E-state index in [2.05, 4.69) is 75.5 Å². The van der Waals surface area contributed by atoms with Gasteiger partial charge in [-0.15, -0.1) is 0 Å². The van der Waals surface area contributed by atoms with Crippen molar-refractivity contribution in [2.24, 2.45) is 0 Å². The molecular weight excluding hydrogens is 358 g/mol. The van der Waals surface area contributed by atoms with Crippen molar-refractivity contribution in [1.29, 1.82) is 0 Å². The molecular formula is C26H27NO2. The van der Waals surface area contributed by atoms with Gasteiger partial charge in [-0.05, 0) is 66.1 Å². The third-order valence-electron chi connectivity index (χ3n) is 6.18. The Morgan fingerprint density at radius 3 is 2.03 bits per heavy atom. The molecule has 0 radical (unpaired) electrons. The van der Waals surface area contributed by atoms with Crippen LogP contribution in [0.15, 0.2) is 54.6 Å². The molecule has 4 aromatic carbocycles. The van der Waals surface area contributed by atoms with Crippen molar-refractivity contribution >= 4 is 38.3 Å². The Hall–Kier alpha value is -2.65. The van der Waals surface area contributed by atoms with E-state index in [0.29, 0.717) is 5.56 Å². The summed E-state index contributed by atoms with van der Waals surface area (Å²) in [5.41, 5.74) is 0.537. The maximum absolute atomic E-state index is 13.2. The van der Waals surface area contributed by atoms with Crippen LogP contribution in [0.4, 0.5) is 0 Å². The average Bonchev–Trinajstić information content (AvgIpc) is 2.63. The first-order chi connectivity index (χ1) is 13.7. The van der Waals surface area contributed by atoms with Crippen LogP contribution < -0.4 is 5.32 Å². The molecule has 0 bridgehead atoms. The first-order valence-electron chi connectivity index (χ1n) is 10.4. The van der Waals surface area contributed by atoms with Gasteiger partial charge in [0.15, 0.2) is 0 Å². The molecule has 1 saturated heterocycles. The van der Waals surface area contributed by atoms with Crippen LogP contribution in [0.25, 0.3) is 32.3 Å². The van der Waals surface area contributed by atoms with Gasteiger partial charge in [0, 0.05) is 23.9 Å². The molecule has 0 aliphatic carbocycles. The minimum atomic E-state index is -0.221. The van der Waals surface area contributed by atoms with Crippen molar-refractivity contribution in [3.05, 3.63) is 60.2 Å². The summed E-state index contributed by atoms with van der Waals surface area (Å²) in [7, 11) is 0. The van der Waals surface area contributed by atoms with Gasteiger partial charge in [-0.2, -0.15) is 0 Å². The molecule has 148 valence electrons. The number of hydrogen-bond donors (Lipinski definition) is 1. The molecule has 0 spiro atoms. The Morgan fingerprint density at radius 2 is 1.38 bits per heavy atom. The number of piperidine rings is 1. The van der Waals surface area contributed by atoms with Gasteiger partial charge in [0.1, 0.15) is 6.10 Å². The van der Waals surface area contributed by atoms with Crippen molar-refractivity contribution < 1.29 is 9.53 Å². The largest absolute Gasteiger partial charge is 0.459 e. The monoisotopic (exact) mass is 385 g/mol. The quantitative estimate of drug-likeness (QED) is 0.337. The molecule has 1 aliphatic rings. The standard InChI is InChI=1S/C26H27NO2/c1-25(2)14-19(15-26(3,4)27-25)29-24(28)21-13-11-18-9-8-16-6-5-7-17-10-12-20(21)23(18)22(16)17/h5-13,19,27H,14-15H2,1-4H3. The topological polar surface area (TPSA) is 38.3 Å². The van der Waals surface area contributed by atoms with Crippen molar-refractivity contribution in [3.8, 4) is 0 Å². The first-order valence-corrected chi connectivity index (χ1v) is 10.4. The van der Waals surface area contributed by atoms with Gasteiger partial charge in [0.2, 0.25) is 0 Å². The van der Waals surface area contributed by atoms with Crippen LogP contribution in [0.3, 0.4) is 0 Å². The number of carbonyl (C=O) groups excluding carboxylic acids is 1. The lowest BCUT2D eigenvalue weighted by atomic mass is 9.81. The van der Waals surface area contributed by atoms with E-state index in [4.69, 9.17) is 4.74 Å². The molecule has 0 amide bonds. The highest BCUT2D eigenvalue weighted by molar-refractivity contribution is 6.25. The normalized spacial score (nSPS) is 19.2. The van der Waals surface area contributed by atoms with Crippen LogP contribution >= 0.6 is 0 Å². The van der Waals surface area contributed by atoms with Crippen LogP contribution in [0, 0.1) is 0 Å². The fourth-order valence-corrected chi connectivity index (χ4v) is 5.44. The predicted molar refractivity (Wildman–Crippen MR) is 120 cm³/mol. The third kappa shape index (κ3) is 3.14. The zero-order chi connectivity index (χ0) is 20.4. The smallest absolute Gasteiger partial charge is 0.339 e. The summed E-state index contributed by atoms with van der Waals surface area (Å²) in [6.45, 7) is 8.69. The molecule has 0 unspecified atom stereocenters. The van der Waals surface area contributed by atoms with Crippen LogP contribution in [0.1, 0.15) is 50.9 Å². The number of benzene rings is 4. The highest BCUT2D eigenvalue weighted by Gasteiger charge is 2.39. The van der Waals surface area contributed by atoms with Crippen LogP contribution in [-0.4, -0.2) is 23.2 Å². The van der Waals surface area contributed by atoms with E-state index in [0.717, 1.165) is 29.0 Å². The predicted octanol–water partition coefficient (Wildman–Crippen LogP) is 6.05. The van der Waals surface area contributed by atoms with E-state index in [9.17, 15) is 4.79 Å². The molecule has 1 N–H and O–H groups in total. The molecule has 0 aromatic heterocycles. The van der Waals surface area contributed by atoms with Gasteiger partial charge < -0.3 is 10.1 Å². The number of esters is 1. The Bertz CT molecular complexity index is 1210. The van der Waals surface area contributed by atoms with Gasteiger partial charge in [-0.3, -0.25) is 0 Å². The minimum absolute atomic E-state index is 0.0602. The van der Waals surface area contributed by atoms with Gasteiger partial charge >= 0.3 is 5.97 Å². The summed E-state index contributed by atoms with van der Waals surface area (Å²) in [4.78, 5) is 13.2. The first kappa shape index (κ1) is 18.4. The lowest BCUT2D eigenvalue weighted by Crippen LogP contribution is -2.59. The maximum atomic E-state index is 13.2. The molecule has 0 saturated carbocycles.